The summed E-state index contributed by atoms with van der Waals surface area (Å²) >= 11 is 0. The summed E-state index contributed by atoms with van der Waals surface area (Å²) < 4.78 is 0. The Balaban J connectivity index is 0.00000225. The minimum Gasteiger partial charge on any atom is -0.368 e. The zero-order valence-corrected chi connectivity index (χ0v) is 11.2. The number of hydrogen-bond acceptors (Lipinski definition) is 3. The van der Waals surface area contributed by atoms with Gasteiger partial charge in [-0.2, -0.15) is 0 Å². The van der Waals surface area contributed by atoms with Crippen LogP contribution in [-0.2, 0) is 9.59 Å². The Labute approximate surface area is 106 Å². The third kappa shape index (κ3) is 3.45. The number of amides is 2. The van der Waals surface area contributed by atoms with Gasteiger partial charge in [-0.1, -0.05) is 13.3 Å². The van der Waals surface area contributed by atoms with Gasteiger partial charge >= 0.3 is 0 Å². The Bertz CT molecular complexity index is 260. The highest BCUT2D eigenvalue weighted by molar-refractivity contribution is 8.93. The average Bonchev–Trinajstić information content (AvgIpc) is 2.65. The highest BCUT2D eigenvalue weighted by Crippen LogP contribution is 2.18. The molecular formula is C10H20BrN3O2. The number of carbonyl (C=O) groups excluding carboxylic acids is 2. The Morgan fingerprint density at radius 3 is 2.62 bits per heavy atom. The summed E-state index contributed by atoms with van der Waals surface area (Å²) in [6, 6.07) is -0.935. The lowest BCUT2D eigenvalue weighted by atomic mass is 10.1. The summed E-state index contributed by atoms with van der Waals surface area (Å²) in [6.45, 7) is 2.58. The van der Waals surface area contributed by atoms with Crippen LogP contribution in [-0.4, -0.2) is 35.3 Å². The molecule has 2 atom stereocenters. The van der Waals surface area contributed by atoms with Crippen LogP contribution in [0.15, 0.2) is 0 Å². The zero-order chi connectivity index (χ0) is 11.4. The predicted molar refractivity (Wildman–Crippen MR) is 67.1 cm³/mol. The molecule has 1 fully saturated rings. The van der Waals surface area contributed by atoms with Gasteiger partial charge in [-0.15, -0.1) is 17.0 Å². The molecule has 6 heteroatoms. The lowest BCUT2D eigenvalue weighted by molar-refractivity contribution is -0.138. The highest BCUT2D eigenvalue weighted by Gasteiger charge is 2.34. The largest absolute Gasteiger partial charge is 0.368 e. The van der Waals surface area contributed by atoms with Crippen LogP contribution in [0.5, 0.6) is 0 Å². The fourth-order valence-electron chi connectivity index (χ4n) is 1.97. The molecule has 0 aromatic heterocycles. The average molecular weight is 294 g/mol. The smallest absolute Gasteiger partial charge is 0.240 e. The fourth-order valence-corrected chi connectivity index (χ4v) is 1.97. The lowest BCUT2D eigenvalue weighted by Crippen LogP contribution is -2.50. The zero-order valence-electron chi connectivity index (χ0n) is 9.52. The van der Waals surface area contributed by atoms with Crippen molar-refractivity contribution in [1.29, 1.82) is 0 Å². The molecule has 0 aromatic carbocycles. The molecule has 0 spiro atoms. The van der Waals surface area contributed by atoms with E-state index in [1.807, 2.05) is 6.92 Å². The Kier molecular flexibility index (Phi) is 6.59. The van der Waals surface area contributed by atoms with Crippen molar-refractivity contribution in [1.82, 2.24) is 4.90 Å². The number of hydrogen-bond donors (Lipinski definition) is 2. The molecule has 0 unspecified atom stereocenters. The summed E-state index contributed by atoms with van der Waals surface area (Å²) in [5, 5.41) is 0. The van der Waals surface area contributed by atoms with Gasteiger partial charge in [-0.25, -0.2) is 0 Å². The molecule has 1 aliphatic heterocycles. The molecular weight excluding hydrogens is 274 g/mol. The summed E-state index contributed by atoms with van der Waals surface area (Å²) in [6.07, 6.45) is 3.01. The van der Waals surface area contributed by atoms with Gasteiger partial charge in [-0.3, -0.25) is 9.59 Å². The standard InChI is InChI=1S/C10H19N3O2.BrH/c1-2-4-7(11)10(15)13-6-3-5-8(13)9(12)14;/h7-8H,2-6,11H2,1H3,(H2,12,14);1H/t7-,8-;/m0./s1. The molecule has 0 bridgehead atoms. The minimum atomic E-state index is -0.491. The Morgan fingerprint density at radius 1 is 1.50 bits per heavy atom. The van der Waals surface area contributed by atoms with E-state index >= 15 is 0 Å². The normalized spacial score (nSPS) is 21.4. The molecule has 94 valence electrons. The van der Waals surface area contributed by atoms with E-state index < -0.39 is 18.0 Å². The first-order valence-electron chi connectivity index (χ1n) is 5.43. The number of halogens is 1. The van der Waals surface area contributed by atoms with Crippen molar-refractivity contribution in [3.63, 3.8) is 0 Å². The van der Waals surface area contributed by atoms with E-state index in [0.29, 0.717) is 19.4 Å². The molecule has 1 heterocycles. The first-order chi connectivity index (χ1) is 7.07. The second-order valence-electron chi connectivity index (χ2n) is 3.99. The van der Waals surface area contributed by atoms with Crippen molar-refractivity contribution in [2.45, 2.75) is 44.7 Å². The van der Waals surface area contributed by atoms with E-state index in [2.05, 4.69) is 0 Å². The van der Waals surface area contributed by atoms with E-state index in [9.17, 15) is 9.59 Å². The molecule has 0 aliphatic carbocycles. The summed E-state index contributed by atoms with van der Waals surface area (Å²) in [5.74, 6) is -0.567. The molecule has 0 aromatic rings. The van der Waals surface area contributed by atoms with E-state index in [1.54, 1.807) is 0 Å². The summed E-state index contributed by atoms with van der Waals surface area (Å²) in [5.41, 5.74) is 11.0. The number of nitrogens with zero attached hydrogens (tertiary/aromatic N) is 1. The fraction of sp³-hybridized carbons (Fsp3) is 0.800. The van der Waals surface area contributed by atoms with Gasteiger partial charge in [-0.05, 0) is 19.3 Å². The lowest BCUT2D eigenvalue weighted by Gasteiger charge is -2.25. The maximum Gasteiger partial charge on any atom is 0.240 e. The number of rotatable bonds is 4. The van der Waals surface area contributed by atoms with Crippen molar-refractivity contribution in [2.75, 3.05) is 6.54 Å². The van der Waals surface area contributed by atoms with Crippen LogP contribution in [0, 0.1) is 0 Å². The van der Waals surface area contributed by atoms with Crippen LogP contribution in [0.1, 0.15) is 32.6 Å². The summed E-state index contributed by atoms with van der Waals surface area (Å²) in [4.78, 5) is 24.5. The molecule has 1 rings (SSSR count). The number of nitrogens with two attached hydrogens (primary N) is 2. The van der Waals surface area contributed by atoms with Gasteiger partial charge in [0.25, 0.3) is 0 Å². The van der Waals surface area contributed by atoms with Crippen molar-refractivity contribution in [3.05, 3.63) is 0 Å². The van der Waals surface area contributed by atoms with Crippen LogP contribution in [0.3, 0.4) is 0 Å². The second-order valence-corrected chi connectivity index (χ2v) is 3.99. The van der Waals surface area contributed by atoms with Gasteiger partial charge < -0.3 is 16.4 Å². The number of primary amides is 1. The topological polar surface area (TPSA) is 89.4 Å². The second kappa shape index (κ2) is 6.85. The molecule has 0 radical (unpaired) electrons. The van der Waals surface area contributed by atoms with Crippen molar-refractivity contribution >= 4 is 28.8 Å². The van der Waals surface area contributed by atoms with E-state index in [0.717, 1.165) is 12.8 Å². The van der Waals surface area contributed by atoms with E-state index in [-0.39, 0.29) is 22.9 Å². The van der Waals surface area contributed by atoms with Crippen LogP contribution in [0.4, 0.5) is 0 Å². The molecule has 5 nitrogen and oxygen atoms in total. The maximum atomic E-state index is 11.8. The molecule has 1 aliphatic rings. The van der Waals surface area contributed by atoms with Gasteiger partial charge in [0, 0.05) is 6.54 Å². The predicted octanol–water partition coefficient (Wildman–Crippen LogP) is 0.168. The molecule has 0 saturated carbocycles. The van der Waals surface area contributed by atoms with Gasteiger partial charge in [0.15, 0.2) is 0 Å². The van der Waals surface area contributed by atoms with Crippen LogP contribution < -0.4 is 11.5 Å². The molecule has 2 amide bonds. The quantitative estimate of drug-likeness (QED) is 0.774. The summed E-state index contributed by atoms with van der Waals surface area (Å²) in [7, 11) is 0. The first kappa shape index (κ1) is 15.4. The third-order valence-electron chi connectivity index (χ3n) is 2.78. The number of likely N-dealkylation sites (tertiary alicyclic amines) is 1. The van der Waals surface area contributed by atoms with Gasteiger partial charge in [0.1, 0.15) is 6.04 Å². The van der Waals surface area contributed by atoms with Crippen molar-refractivity contribution in [2.24, 2.45) is 11.5 Å². The molecule has 4 N–H and O–H groups in total. The van der Waals surface area contributed by atoms with Gasteiger partial charge in [0.2, 0.25) is 11.8 Å². The van der Waals surface area contributed by atoms with E-state index in [4.69, 9.17) is 11.5 Å². The number of carbonyl (C=O) groups is 2. The molecule has 16 heavy (non-hydrogen) atoms. The van der Waals surface area contributed by atoms with Gasteiger partial charge in [0.05, 0.1) is 6.04 Å². The maximum absolute atomic E-state index is 11.8. The van der Waals surface area contributed by atoms with Crippen molar-refractivity contribution in [3.8, 4) is 0 Å². The van der Waals surface area contributed by atoms with Crippen LogP contribution in [0.2, 0.25) is 0 Å². The molecule has 1 saturated heterocycles. The Morgan fingerprint density at radius 2 is 2.12 bits per heavy atom. The van der Waals surface area contributed by atoms with Crippen LogP contribution >= 0.6 is 17.0 Å². The third-order valence-corrected chi connectivity index (χ3v) is 2.78. The Hall–Kier alpha value is -0.620. The minimum absolute atomic E-state index is 0. The van der Waals surface area contributed by atoms with Crippen LogP contribution in [0.25, 0.3) is 0 Å². The highest BCUT2D eigenvalue weighted by atomic mass is 79.9. The van der Waals surface area contributed by atoms with E-state index in [1.165, 1.54) is 4.90 Å². The van der Waals surface area contributed by atoms with Crippen molar-refractivity contribution < 1.29 is 9.59 Å². The monoisotopic (exact) mass is 293 g/mol. The first-order valence-corrected chi connectivity index (χ1v) is 5.43. The SMILES string of the molecule is Br.CCC[C@H](N)C(=O)N1CCC[C@H]1C(N)=O.